The van der Waals surface area contributed by atoms with E-state index in [9.17, 15) is 0 Å². The zero-order valence-electron chi connectivity index (χ0n) is 9.98. The summed E-state index contributed by atoms with van der Waals surface area (Å²) in [6, 6.07) is 8.43. The molecule has 16 heavy (non-hydrogen) atoms. The zero-order valence-corrected chi connectivity index (χ0v) is 9.98. The van der Waals surface area contributed by atoms with Crippen molar-refractivity contribution in [3.05, 3.63) is 35.4 Å². The summed E-state index contributed by atoms with van der Waals surface area (Å²) in [4.78, 5) is 6.78. The van der Waals surface area contributed by atoms with E-state index in [1.54, 1.807) is 0 Å². The Morgan fingerprint density at radius 1 is 1.44 bits per heavy atom. The molecular weight excluding hydrogens is 198 g/mol. The number of hydrogen-bond acceptors (Lipinski definition) is 3. The highest BCUT2D eigenvalue weighted by Crippen LogP contribution is 2.21. The van der Waals surface area contributed by atoms with Gasteiger partial charge in [-0.3, -0.25) is 4.99 Å². The van der Waals surface area contributed by atoms with Crippen LogP contribution < -0.4 is 5.73 Å². The minimum Gasteiger partial charge on any atom is -0.358 e. The van der Waals surface area contributed by atoms with Crippen molar-refractivity contribution >= 4 is 5.84 Å². The first kappa shape index (κ1) is 11.1. The number of likely N-dealkylation sites (N-methyl/N-ethyl adjacent to an activating group) is 1. The molecule has 0 saturated heterocycles. The highest BCUT2D eigenvalue weighted by Gasteiger charge is 2.19. The van der Waals surface area contributed by atoms with E-state index in [-0.39, 0.29) is 0 Å². The van der Waals surface area contributed by atoms with Crippen molar-refractivity contribution in [1.29, 1.82) is 0 Å². The zero-order chi connectivity index (χ0) is 11.5. The molecule has 1 aromatic rings. The van der Waals surface area contributed by atoms with Crippen LogP contribution in [0.5, 0.6) is 0 Å². The minimum atomic E-state index is 0.382. The lowest BCUT2D eigenvalue weighted by molar-refractivity contribution is 0.556. The number of hydrogen-bond donors (Lipinski definition) is 1. The number of aliphatic imine (C=N–C) groups is 1. The van der Waals surface area contributed by atoms with Crippen LogP contribution in [0.25, 0.3) is 0 Å². The summed E-state index contributed by atoms with van der Waals surface area (Å²) < 4.78 is 0. The highest BCUT2D eigenvalue weighted by atomic mass is 15.2. The second kappa shape index (κ2) is 4.66. The van der Waals surface area contributed by atoms with Gasteiger partial charge in [0.05, 0.1) is 6.54 Å². The van der Waals surface area contributed by atoms with Crippen molar-refractivity contribution in [3.63, 3.8) is 0 Å². The molecule has 1 atom stereocenters. The van der Waals surface area contributed by atoms with Gasteiger partial charge in [-0.2, -0.15) is 0 Å². The third-order valence-corrected chi connectivity index (χ3v) is 3.14. The van der Waals surface area contributed by atoms with Crippen LogP contribution in [0.2, 0.25) is 0 Å². The predicted molar refractivity (Wildman–Crippen MR) is 67.9 cm³/mol. The van der Waals surface area contributed by atoms with Gasteiger partial charge >= 0.3 is 0 Å². The van der Waals surface area contributed by atoms with Gasteiger partial charge in [-0.05, 0) is 18.0 Å². The second-order valence-electron chi connectivity index (χ2n) is 4.35. The van der Waals surface area contributed by atoms with Crippen LogP contribution in [0.15, 0.2) is 29.3 Å². The van der Waals surface area contributed by atoms with Gasteiger partial charge in [0, 0.05) is 19.2 Å². The fourth-order valence-electron chi connectivity index (χ4n) is 2.08. The van der Waals surface area contributed by atoms with Crippen molar-refractivity contribution in [2.24, 2.45) is 10.7 Å². The molecule has 3 heteroatoms. The summed E-state index contributed by atoms with van der Waals surface area (Å²) in [5.74, 6) is 1.49. The fourth-order valence-corrected chi connectivity index (χ4v) is 2.08. The first-order valence-corrected chi connectivity index (χ1v) is 5.79. The van der Waals surface area contributed by atoms with Crippen LogP contribution >= 0.6 is 0 Å². The van der Waals surface area contributed by atoms with Crippen LogP contribution in [0.1, 0.15) is 24.0 Å². The maximum atomic E-state index is 5.75. The van der Waals surface area contributed by atoms with Crippen molar-refractivity contribution < 1.29 is 0 Å². The second-order valence-corrected chi connectivity index (χ2v) is 4.35. The number of amidine groups is 1. The average molecular weight is 217 g/mol. The van der Waals surface area contributed by atoms with E-state index in [4.69, 9.17) is 5.73 Å². The Bertz CT molecular complexity index is 398. The summed E-state index contributed by atoms with van der Waals surface area (Å²) in [6.45, 7) is 4.75. The van der Waals surface area contributed by atoms with Gasteiger partial charge in [0.2, 0.25) is 0 Å². The molecule has 0 saturated carbocycles. The summed E-state index contributed by atoms with van der Waals surface area (Å²) in [7, 11) is 2.09. The maximum absolute atomic E-state index is 5.75. The monoisotopic (exact) mass is 217 g/mol. The molecule has 1 aliphatic rings. The van der Waals surface area contributed by atoms with Gasteiger partial charge in [-0.25, -0.2) is 0 Å². The summed E-state index contributed by atoms with van der Waals surface area (Å²) in [5.41, 5.74) is 8.29. The lowest BCUT2D eigenvalue weighted by Crippen LogP contribution is -2.25. The minimum absolute atomic E-state index is 0.382. The molecule has 0 aromatic heterocycles. The molecule has 3 nitrogen and oxygen atoms in total. The van der Waals surface area contributed by atoms with E-state index in [0.717, 1.165) is 18.9 Å². The third-order valence-electron chi connectivity index (χ3n) is 3.14. The van der Waals surface area contributed by atoms with Crippen LogP contribution in [0.4, 0.5) is 0 Å². The molecule has 2 N–H and O–H groups in total. The molecule has 2 rings (SSSR count). The molecule has 0 spiro atoms. The van der Waals surface area contributed by atoms with E-state index >= 15 is 0 Å². The van der Waals surface area contributed by atoms with Gasteiger partial charge in [0.25, 0.3) is 0 Å². The summed E-state index contributed by atoms with van der Waals surface area (Å²) >= 11 is 0. The SMILES string of the molecule is CC(CN)c1ccccc1C1=NCCN1C. The number of rotatable bonds is 3. The molecule has 0 fully saturated rings. The molecule has 0 radical (unpaired) electrons. The van der Waals surface area contributed by atoms with Crippen LogP contribution in [-0.4, -0.2) is 37.4 Å². The largest absolute Gasteiger partial charge is 0.358 e. The van der Waals surface area contributed by atoms with Gasteiger partial charge in [-0.15, -0.1) is 0 Å². The standard InChI is InChI=1S/C13H19N3/c1-10(9-14)11-5-3-4-6-12(11)13-15-7-8-16(13)2/h3-6,10H,7-9,14H2,1-2H3. The molecule has 1 unspecified atom stereocenters. The molecule has 0 bridgehead atoms. The lowest BCUT2D eigenvalue weighted by Gasteiger charge is -2.19. The van der Waals surface area contributed by atoms with Crippen LogP contribution in [0, 0.1) is 0 Å². The van der Waals surface area contributed by atoms with Gasteiger partial charge in [0.15, 0.2) is 0 Å². The van der Waals surface area contributed by atoms with Gasteiger partial charge in [-0.1, -0.05) is 31.2 Å². The van der Waals surface area contributed by atoms with E-state index in [2.05, 4.69) is 48.1 Å². The first-order valence-electron chi connectivity index (χ1n) is 5.79. The van der Waals surface area contributed by atoms with Crippen LogP contribution in [-0.2, 0) is 0 Å². The molecule has 1 aliphatic heterocycles. The Morgan fingerprint density at radius 3 is 2.81 bits per heavy atom. The fraction of sp³-hybridized carbons (Fsp3) is 0.462. The van der Waals surface area contributed by atoms with E-state index in [1.165, 1.54) is 11.1 Å². The van der Waals surface area contributed by atoms with Crippen LogP contribution in [0.3, 0.4) is 0 Å². The first-order chi connectivity index (χ1) is 7.74. The van der Waals surface area contributed by atoms with E-state index in [0.29, 0.717) is 12.5 Å². The molecular formula is C13H19N3. The Kier molecular flexibility index (Phi) is 3.25. The van der Waals surface area contributed by atoms with E-state index in [1.807, 2.05) is 0 Å². The Labute approximate surface area is 97.0 Å². The summed E-state index contributed by atoms with van der Waals surface area (Å²) in [5, 5.41) is 0. The highest BCUT2D eigenvalue weighted by molar-refractivity contribution is 6.01. The van der Waals surface area contributed by atoms with Crippen molar-refractivity contribution in [3.8, 4) is 0 Å². The lowest BCUT2D eigenvalue weighted by atomic mass is 9.95. The summed E-state index contributed by atoms with van der Waals surface area (Å²) in [6.07, 6.45) is 0. The average Bonchev–Trinajstić information content (AvgIpc) is 2.74. The van der Waals surface area contributed by atoms with E-state index < -0.39 is 0 Å². The molecule has 0 amide bonds. The van der Waals surface area contributed by atoms with Crippen molar-refractivity contribution in [2.75, 3.05) is 26.7 Å². The van der Waals surface area contributed by atoms with Gasteiger partial charge in [0.1, 0.15) is 5.84 Å². The molecule has 86 valence electrons. The third kappa shape index (κ3) is 1.95. The molecule has 0 aliphatic carbocycles. The number of nitrogens with two attached hydrogens (primary N) is 1. The Morgan fingerprint density at radius 2 is 2.19 bits per heavy atom. The molecule has 1 aromatic carbocycles. The normalized spacial score (nSPS) is 17.4. The Hall–Kier alpha value is -1.35. The Balaban J connectivity index is 2.40. The quantitative estimate of drug-likeness (QED) is 0.832. The van der Waals surface area contributed by atoms with Crippen molar-refractivity contribution in [1.82, 2.24) is 4.90 Å². The van der Waals surface area contributed by atoms with Crippen molar-refractivity contribution in [2.45, 2.75) is 12.8 Å². The smallest absolute Gasteiger partial charge is 0.131 e. The predicted octanol–water partition coefficient (Wildman–Crippen LogP) is 1.44. The number of nitrogens with zero attached hydrogens (tertiary/aromatic N) is 2. The van der Waals surface area contributed by atoms with Gasteiger partial charge < -0.3 is 10.6 Å². The number of benzene rings is 1. The maximum Gasteiger partial charge on any atom is 0.131 e. The molecule has 1 heterocycles. The topological polar surface area (TPSA) is 41.6 Å².